The van der Waals surface area contributed by atoms with E-state index >= 15 is 0 Å². The molecule has 4 heteroatoms. The molecular weight excluding hydrogens is 290 g/mol. The van der Waals surface area contributed by atoms with Crippen LogP contribution in [0, 0.1) is 23.7 Å². The summed E-state index contributed by atoms with van der Waals surface area (Å²) in [6.07, 6.45) is 0. The second-order valence-electron chi connectivity index (χ2n) is 6.60. The van der Waals surface area contributed by atoms with Crippen LogP contribution >= 0.6 is 15.9 Å². The van der Waals surface area contributed by atoms with Crippen molar-refractivity contribution in [2.24, 2.45) is 23.8 Å². The molecule has 0 amide bonds. The Hall–Kier alpha value is -0.350. The summed E-state index contributed by atoms with van der Waals surface area (Å²) in [5.41, 5.74) is 3.20. The highest BCUT2D eigenvalue weighted by molar-refractivity contribution is 9.10. The minimum absolute atomic E-state index is 0.458. The Morgan fingerprint density at radius 1 is 1.28 bits per heavy atom. The molecule has 0 saturated heterocycles. The summed E-state index contributed by atoms with van der Waals surface area (Å²) in [4.78, 5) is 0. The molecule has 1 aliphatic rings. The van der Waals surface area contributed by atoms with Gasteiger partial charge in [0.1, 0.15) is 0 Å². The van der Waals surface area contributed by atoms with Crippen molar-refractivity contribution in [3.8, 4) is 0 Å². The van der Waals surface area contributed by atoms with Crippen molar-refractivity contribution in [2.75, 3.05) is 6.54 Å². The number of hydrogen-bond donors (Lipinski definition) is 1. The Labute approximate surface area is 118 Å². The molecular formula is C14H24BrN3. The van der Waals surface area contributed by atoms with Crippen LogP contribution in [-0.4, -0.2) is 16.3 Å². The van der Waals surface area contributed by atoms with Gasteiger partial charge in [-0.3, -0.25) is 4.68 Å². The third kappa shape index (κ3) is 2.03. The van der Waals surface area contributed by atoms with E-state index < -0.39 is 0 Å². The molecule has 1 fully saturated rings. The van der Waals surface area contributed by atoms with Gasteiger partial charge in [0.05, 0.1) is 15.9 Å². The van der Waals surface area contributed by atoms with Gasteiger partial charge >= 0.3 is 0 Å². The smallest absolute Gasteiger partial charge is 0.0739 e. The molecule has 0 spiro atoms. The molecule has 0 bridgehead atoms. The normalized spacial score (nSPS) is 21.3. The van der Waals surface area contributed by atoms with Gasteiger partial charge in [-0.15, -0.1) is 0 Å². The van der Waals surface area contributed by atoms with Gasteiger partial charge in [-0.25, -0.2) is 0 Å². The minimum Gasteiger partial charge on any atom is -0.311 e. The van der Waals surface area contributed by atoms with Crippen molar-refractivity contribution in [3.63, 3.8) is 0 Å². The summed E-state index contributed by atoms with van der Waals surface area (Å²) >= 11 is 3.61. The van der Waals surface area contributed by atoms with Gasteiger partial charge in [0.2, 0.25) is 0 Å². The highest BCUT2D eigenvalue weighted by Gasteiger charge is 2.63. The SMILES string of the molecule is Cc1nn(C)c(CNCC2C(C)(C)C2(C)C)c1Br. The van der Waals surface area contributed by atoms with Gasteiger partial charge < -0.3 is 5.32 Å². The Kier molecular flexibility index (Phi) is 3.39. The summed E-state index contributed by atoms with van der Waals surface area (Å²) in [5, 5.41) is 7.99. The maximum absolute atomic E-state index is 4.41. The third-order valence-corrected chi connectivity index (χ3v) is 6.25. The van der Waals surface area contributed by atoms with Crippen LogP contribution in [0.1, 0.15) is 39.1 Å². The lowest BCUT2D eigenvalue weighted by Gasteiger charge is -2.07. The van der Waals surface area contributed by atoms with Crippen LogP contribution in [0.4, 0.5) is 0 Å². The molecule has 1 saturated carbocycles. The Morgan fingerprint density at radius 3 is 2.22 bits per heavy atom. The van der Waals surface area contributed by atoms with Crippen LogP contribution in [0.5, 0.6) is 0 Å². The monoisotopic (exact) mass is 313 g/mol. The van der Waals surface area contributed by atoms with Crippen LogP contribution in [0.3, 0.4) is 0 Å². The molecule has 0 unspecified atom stereocenters. The van der Waals surface area contributed by atoms with Crippen molar-refractivity contribution in [1.82, 2.24) is 15.1 Å². The van der Waals surface area contributed by atoms with Crippen LogP contribution < -0.4 is 5.32 Å². The number of aryl methyl sites for hydroxylation is 2. The number of halogens is 1. The molecule has 3 nitrogen and oxygen atoms in total. The van der Waals surface area contributed by atoms with Crippen LogP contribution in [-0.2, 0) is 13.6 Å². The molecule has 2 rings (SSSR count). The fraction of sp³-hybridized carbons (Fsp3) is 0.786. The number of aromatic nitrogens is 2. The zero-order valence-electron chi connectivity index (χ0n) is 12.3. The van der Waals surface area contributed by atoms with Gasteiger partial charge in [-0.05, 0) is 46.1 Å². The Morgan fingerprint density at radius 2 is 1.83 bits per heavy atom. The van der Waals surface area contributed by atoms with E-state index in [0.29, 0.717) is 10.8 Å². The summed E-state index contributed by atoms with van der Waals surface area (Å²) in [7, 11) is 2.00. The van der Waals surface area contributed by atoms with E-state index in [9.17, 15) is 0 Å². The predicted octanol–water partition coefficient (Wildman–Crippen LogP) is 3.26. The lowest BCUT2D eigenvalue weighted by atomic mass is 10.0. The molecule has 102 valence electrons. The quantitative estimate of drug-likeness (QED) is 0.924. The summed E-state index contributed by atoms with van der Waals surface area (Å²) in [6.45, 7) is 13.4. The number of hydrogen-bond acceptors (Lipinski definition) is 2. The topological polar surface area (TPSA) is 29.9 Å². The van der Waals surface area contributed by atoms with Gasteiger partial charge in [-0.2, -0.15) is 5.10 Å². The predicted molar refractivity (Wildman–Crippen MR) is 78.4 cm³/mol. The van der Waals surface area contributed by atoms with E-state index in [2.05, 4.69) is 54.0 Å². The molecule has 0 aromatic carbocycles. The first-order valence-electron chi connectivity index (χ1n) is 6.58. The molecule has 1 heterocycles. The molecule has 1 aromatic rings. The third-order valence-electron chi connectivity index (χ3n) is 5.22. The van der Waals surface area contributed by atoms with Crippen LogP contribution in [0.2, 0.25) is 0 Å². The fourth-order valence-electron chi connectivity index (χ4n) is 3.05. The van der Waals surface area contributed by atoms with Crippen molar-refractivity contribution < 1.29 is 0 Å². The molecule has 18 heavy (non-hydrogen) atoms. The Bertz CT molecular complexity index is 446. The maximum Gasteiger partial charge on any atom is 0.0739 e. The molecule has 1 aliphatic carbocycles. The van der Waals surface area contributed by atoms with Crippen LogP contribution in [0.15, 0.2) is 4.47 Å². The van der Waals surface area contributed by atoms with Gasteiger partial charge in [0.15, 0.2) is 0 Å². The fourth-order valence-corrected chi connectivity index (χ4v) is 3.53. The average molecular weight is 314 g/mol. The number of nitrogens with zero attached hydrogens (tertiary/aromatic N) is 2. The first-order valence-corrected chi connectivity index (χ1v) is 7.37. The lowest BCUT2D eigenvalue weighted by Crippen LogP contribution is -2.20. The second-order valence-corrected chi connectivity index (χ2v) is 7.39. The maximum atomic E-state index is 4.41. The van der Waals surface area contributed by atoms with E-state index in [1.165, 1.54) is 5.69 Å². The molecule has 0 atom stereocenters. The van der Waals surface area contributed by atoms with Crippen molar-refractivity contribution in [3.05, 3.63) is 15.9 Å². The summed E-state index contributed by atoms with van der Waals surface area (Å²) in [6, 6.07) is 0. The van der Waals surface area contributed by atoms with Crippen molar-refractivity contribution in [2.45, 2.75) is 41.2 Å². The number of rotatable bonds is 4. The highest BCUT2D eigenvalue weighted by Crippen LogP contribution is 2.67. The van der Waals surface area contributed by atoms with E-state index in [0.717, 1.165) is 29.2 Å². The van der Waals surface area contributed by atoms with Crippen molar-refractivity contribution >= 4 is 15.9 Å². The molecule has 0 aliphatic heterocycles. The van der Waals surface area contributed by atoms with Crippen molar-refractivity contribution in [1.29, 1.82) is 0 Å². The van der Waals surface area contributed by atoms with Gasteiger partial charge in [0.25, 0.3) is 0 Å². The van der Waals surface area contributed by atoms with Gasteiger partial charge in [-0.1, -0.05) is 27.7 Å². The zero-order chi connectivity index (χ0) is 13.7. The summed E-state index contributed by atoms with van der Waals surface area (Å²) < 4.78 is 3.09. The van der Waals surface area contributed by atoms with Crippen LogP contribution in [0.25, 0.3) is 0 Å². The zero-order valence-corrected chi connectivity index (χ0v) is 13.8. The lowest BCUT2D eigenvalue weighted by molar-refractivity contribution is 0.457. The van der Waals surface area contributed by atoms with E-state index in [1.807, 2.05) is 18.7 Å². The van der Waals surface area contributed by atoms with E-state index in [-0.39, 0.29) is 0 Å². The molecule has 0 radical (unpaired) electrons. The first kappa shape index (κ1) is 14.1. The molecule has 1 N–H and O–H groups in total. The minimum atomic E-state index is 0.458. The summed E-state index contributed by atoms with van der Waals surface area (Å²) in [5.74, 6) is 0.762. The standard InChI is InChI=1S/C14H24BrN3/c1-9-12(15)10(18(6)17-9)7-16-8-11-13(2,3)14(11,4)5/h11,16H,7-8H2,1-6H3. The van der Waals surface area contributed by atoms with E-state index in [1.54, 1.807) is 0 Å². The Balaban J connectivity index is 1.91. The average Bonchev–Trinajstić information content (AvgIpc) is 2.49. The second kappa shape index (κ2) is 4.34. The van der Waals surface area contributed by atoms with Gasteiger partial charge in [0, 0.05) is 13.6 Å². The first-order chi connectivity index (χ1) is 8.19. The highest BCUT2D eigenvalue weighted by atomic mass is 79.9. The molecule has 1 aromatic heterocycles. The largest absolute Gasteiger partial charge is 0.311 e. The number of nitrogens with one attached hydrogen (secondary N) is 1. The van der Waals surface area contributed by atoms with E-state index in [4.69, 9.17) is 0 Å².